The van der Waals surface area contributed by atoms with Gasteiger partial charge >= 0.3 is 5.97 Å². The van der Waals surface area contributed by atoms with E-state index in [4.69, 9.17) is 14.6 Å². The van der Waals surface area contributed by atoms with E-state index in [1.165, 1.54) is 19.2 Å². The molecule has 0 atom stereocenters. The van der Waals surface area contributed by atoms with Gasteiger partial charge in [0.1, 0.15) is 11.5 Å². The molecule has 6 heteroatoms. The first kappa shape index (κ1) is 14.3. The minimum absolute atomic E-state index is 0.0740. The Bertz CT molecular complexity index is 658. The molecule has 4 nitrogen and oxygen atoms in total. The number of carboxylic acids is 1. The summed E-state index contributed by atoms with van der Waals surface area (Å²) in [5.41, 5.74) is -0.166. The molecule has 0 heterocycles. The van der Waals surface area contributed by atoms with Gasteiger partial charge in [0, 0.05) is 6.07 Å². The highest BCUT2D eigenvalue weighted by molar-refractivity contribution is 9.10. The van der Waals surface area contributed by atoms with Crippen molar-refractivity contribution in [3.63, 3.8) is 0 Å². The Balaban J connectivity index is 2.34. The maximum Gasteiger partial charge on any atom is 0.336 e. The summed E-state index contributed by atoms with van der Waals surface area (Å²) in [6.45, 7) is 0. The number of methoxy groups -OCH3 is 1. The van der Waals surface area contributed by atoms with Gasteiger partial charge in [-0.05, 0) is 40.2 Å². The maximum absolute atomic E-state index is 14.0. The Morgan fingerprint density at radius 1 is 1.25 bits per heavy atom. The quantitative estimate of drug-likeness (QED) is 0.910. The lowest BCUT2D eigenvalue weighted by Crippen LogP contribution is -2.00. The summed E-state index contributed by atoms with van der Waals surface area (Å²) in [5.74, 6) is -1.10. The molecule has 0 fully saturated rings. The minimum Gasteiger partial charge on any atom is -0.497 e. The normalized spacial score (nSPS) is 10.2. The van der Waals surface area contributed by atoms with Crippen LogP contribution in [0.4, 0.5) is 4.39 Å². The van der Waals surface area contributed by atoms with Crippen LogP contribution in [0, 0.1) is 5.82 Å². The van der Waals surface area contributed by atoms with Crippen molar-refractivity contribution in [2.45, 2.75) is 0 Å². The zero-order valence-electron chi connectivity index (χ0n) is 10.4. The van der Waals surface area contributed by atoms with Gasteiger partial charge in [-0.3, -0.25) is 0 Å². The topological polar surface area (TPSA) is 55.8 Å². The van der Waals surface area contributed by atoms with Gasteiger partial charge in [0.25, 0.3) is 0 Å². The van der Waals surface area contributed by atoms with Crippen LogP contribution >= 0.6 is 15.9 Å². The van der Waals surface area contributed by atoms with E-state index in [1.54, 1.807) is 24.3 Å². The SMILES string of the molecule is COc1cccc(Oc2ccc(C(=O)O)c(Br)c2F)c1. The number of hydrogen-bond acceptors (Lipinski definition) is 3. The molecule has 1 N–H and O–H groups in total. The number of aromatic carboxylic acids is 1. The highest BCUT2D eigenvalue weighted by Crippen LogP contribution is 2.32. The average molecular weight is 341 g/mol. The predicted molar refractivity (Wildman–Crippen MR) is 74.1 cm³/mol. The third kappa shape index (κ3) is 2.91. The van der Waals surface area contributed by atoms with Gasteiger partial charge in [-0.2, -0.15) is 0 Å². The lowest BCUT2D eigenvalue weighted by atomic mass is 10.2. The molecule has 2 rings (SSSR count). The number of rotatable bonds is 4. The zero-order valence-corrected chi connectivity index (χ0v) is 12.0. The molecule has 2 aromatic rings. The van der Waals surface area contributed by atoms with Crippen molar-refractivity contribution in [2.24, 2.45) is 0 Å². The van der Waals surface area contributed by atoms with Gasteiger partial charge in [0.15, 0.2) is 11.6 Å². The summed E-state index contributed by atoms with van der Waals surface area (Å²) in [6.07, 6.45) is 0. The molecule has 0 saturated carbocycles. The molecule has 0 aliphatic heterocycles. The molecule has 0 unspecified atom stereocenters. The largest absolute Gasteiger partial charge is 0.497 e. The average Bonchev–Trinajstić information content (AvgIpc) is 2.44. The molecule has 0 radical (unpaired) electrons. The van der Waals surface area contributed by atoms with Crippen molar-refractivity contribution in [2.75, 3.05) is 7.11 Å². The number of halogens is 2. The molecule has 0 bridgehead atoms. The van der Waals surface area contributed by atoms with Crippen molar-refractivity contribution in [1.82, 2.24) is 0 Å². The van der Waals surface area contributed by atoms with Gasteiger partial charge in [0.2, 0.25) is 0 Å². The van der Waals surface area contributed by atoms with E-state index in [0.717, 1.165) is 0 Å². The molecule has 0 spiro atoms. The standard InChI is InChI=1S/C14H10BrFO4/c1-19-8-3-2-4-9(7-8)20-11-6-5-10(14(17)18)12(15)13(11)16/h2-7H,1H3,(H,17,18). The third-order valence-corrected chi connectivity index (χ3v) is 3.32. The third-order valence-electron chi connectivity index (χ3n) is 2.55. The van der Waals surface area contributed by atoms with Crippen LogP contribution in [-0.4, -0.2) is 18.2 Å². The first-order valence-electron chi connectivity index (χ1n) is 5.56. The molecule has 20 heavy (non-hydrogen) atoms. The second-order valence-electron chi connectivity index (χ2n) is 3.83. The van der Waals surface area contributed by atoms with Crippen molar-refractivity contribution in [3.05, 3.63) is 52.3 Å². The number of carboxylic acid groups (broad SMARTS) is 1. The Labute approximate surface area is 122 Å². The van der Waals surface area contributed by atoms with Crippen molar-refractivity contribution in [3.8, 4) is 17.2 Å². The van der Waals surface area contributed by atoms with Crippen LogP contribution in [0.25, 0.3) is 0 Å². The molecule has 0 aromatic heterocycles. The van der Waals surface area contributed by atoms with E-state index in [1.807, 2.05) is 0 Å². The molecule has 104 valence electrons. The lowest BCUT2D eigenvalue weighted by Gasteiger charge is -2.10. The van der Waals surface area contributed by atoms with Crippen molar-refractivity contribution in [1.29, 1.82) is 0 Å². The highest BCUT2D eigenvalue weighted by Gasteiger charge is 2.17. The fourth-order valence-electron chi connectivity index (χ4n) is 1.57. The summed E-state index contributed by atoms with van der Waals surface area (Å²) in [7, 11) is 1.51. The number of benzene rings is 2. The number of ether oxygens (including phenoxy) is 2. The Kier molecular flexibility index (Phi) is 4.24. The van der Waals surface area contributed by atoms with E-state index >= 15 is 0 Å². The monoisotopic (exact) mass is 340 g/mol. The number of hydrogen-bond donors (Lipinski definition) is 1. The van der Waals surface area contributed by atoms with Crippen LogP contribution in [0.3, 0.4) is 0 Å². The summed E-state index contributed by atoms with van der Waals surface area (Å²) in [5, 5.41) is 8.89. The van der Waals surface area contributed by atoms with Crippen LogP contribution in [0.15, 0.2) is 40.9 Å². The van der Waals surface area contributed by atoms with Crippen LogP contribution < -0.4 is 9.47 Å². The second kappa shape index (κ2) is 5.92. The molecule has 0 saturated heterocycles. The number of carbonyl (C=O) groups is 1. The van der Waals surface area contributed by atoms with Gasteiger partial charge in [-0.15, -0.1) is 0 Å². The van der Waals surface area contributed by atoms with Crippen LogP contribution in [0.5, 0.6) is 17.2 Å². The lowest BCUT2D eigenvalue weighted by molar-refractivity contribution is 0.0695. The summed E-state index contributed by atoms with van der Waals surface area (Å²) in [4.78, 5) is 10.9. The fraction of sp³-hybridized carbons (Fsp3) is 0.0714. The molecule has 0 amide bonds. The van der Waals surface area contributed by atoms with Crippen LogP contribution in [0.2, 0.25) is 0 Å². The predicted octanol–water partition coefficient (Wildman–Crippen LogP) is 4.09. The van der Waals surface area contributed by atoms with Gasteiger partial charge in [-0.25, -0.2) is 9.18 Å². The summed E-state index contributed by atoms with van der Waals surface area (Å²) in [6, 6.07) is 9.20. The first-order chi connectivity index (χ1) is 9.52. The van der Waals surface area contributed by atoms with Crippen LogP contribution in [-0.2, 0) is 0 Å². The Morgan fingerprint density at radius 3 is 2.60 bits per heavy atom. The van der Waals surface area contributed by atoms with Gasteiger partial charge in [-0.1, -0.05) is 6.07 Å². The smallest absolute Gasteiger partial charge is 0.336 e. The molecule has 2 aromatic carbocycles. The molecular formula is C14H10BrFO4. The highest BCUT2D eigenvalue weighted by atomic mass is 79.9. The first-order valence-corrected chi connectivity index (χ1v) is 6.35. The van der Waals surface area contributed by atoms with Crippen molar-refractivity contribution < 1.29 is 23.8 Å². The van der Waals surface area contributed by atoms with Crippen molar-refractivity contribution >= 4 is 21.9 Å². The van der Waals surface area contributed by atoms with E-state index in [-0.39, 0.29) is 15.8 Å². The molecule has 0 aliphatic carbocycles. The van der Waals surface area contributed by atoms with Gasteiger partial charge < -0.3 is 14.6 Å². The Hall–Kier alpha value is -2.08. The fourth-order valence-corrected chi connectivity index (χ4v) is 2.06. The molecule has 0 aliphatic rings. The zero-order chi connectivity index (χ0) is 14.7. The van der Waals surface area contributed by atoms with E-state index in [0.29, 0.717) is 11.5 Å². The van der Waals surface area contributed by atoms with E-state index in [9.17, 15) is 9.18 Å². The van der Waals surface area contributed by atoms with Gasteiger partial charge in [0.05, 0.1) is 17.1 Å². The van der Waals surface area contributed by atoms with E-state index in [2.05, 4.69) is 15.9 Å². The minimum atomic E-state index is -1.22. The summed E-state index contributed by atoms with van der Waals surface area (Å²) < 4.78 is 24.3. The maximum atomic E-state index is 14.0. The van der Waals surface area contributed by atoms with E-state index < -0.39 is 11.8 Å². The summed E-state index contributed by atoms with van der Waals surface area (Å²) >= 11 is 2.91. The second-order valence-corrected chi connectivity index (χ2v) is 4.62. The Morgan fingerprint density at radius 2 is 1.95 bits per heavy atom. The molecular weight excluding hydrogens is 331 g/mol. The van der Waals surface area contributed by atoms with Crippen LogP contribution in [0.1, 0.15) is 10.4 Å².